The highest BCUT2D eigenvalue weighted by molar-refractivity contribution is 5.10. The number of ether oxygens (including phenoxy) is 3. The number of hydrogen-bond acceptors (Lipinski definition) is 6. The summed E-state index contributed by atoms with van der Waals surface area (Å²) in [5, 5.41) is 7.43. The third-order valence-electron chi connectivity index (χ3n) is 8.53. The Labute approximate surface area is 176 Å². The Morgan fingerprint density at radius 1 is 1.00 bits per heavy atom. The molecular formula is C23H41N3O3. The van der Waals surface area contributed by atoms with Crippen LogP contribution in [-0.2, 0) is 14.2 Å². The molecule has 1 spiro atoms. The molecule has 1 saturated carbocycles. The van der Waals surface area contributed by atoms with Crippen LogP contribution in [0.15, 0.2) is 0 Å². The number of nitrogens with one attached hydrogen (secondary N) is 2. The van der Waals surface area contributed by atoms with Crippen molar-refractivity contribution in [2.24, 2.45) is 11.8 Å². The molecule has 2 unspecified atom stereocenters. The normalized spacial score (nSPS) is 47.5. The zero-order chi connectivity index (χ0) is 19.7. The predicted octanol–water partition coefficient (Wildman–Crippen LogP) is 1.78. The summed E-state index contributed by atoms with van der Waals surface area (Å²) < 4.78 is 19.1. The van der Waals surface area contributed by atoms with Gasteiger partial charge >= 0.3 is 0 Å². The molecule has 5 saturated heterocycles. The molecule has 0 amide bonds. The van der Waals surface area contributed by atoms with E-state index in [1.807, 2.05) is 0 Å². The molecule has 1 aliphatic carbocycles. The Morgan fingerprint density at radius 3 is 2.72 bits per heavy atom. The summed E-state index contributed by atoms with van der Waals surface area (Å²) >= 11 is 0. The number of fused-ring (bicyclic) bond motifs is 6. The summed E-state index contributed by atoms with van der Waals surface area (Å²) in [7, 11) is 0. The van der Waals surface area contributed by atoms with E-state index in [0.717, 1.165) is 77.3 Å². The second-order valence-corrected chi connectivity index (χ2v) is 10.2. The molecule has 6 nitrogen and oxygen atoms in total. The van der Waals surface area contributed by atoms with Crippen molar-refractivity contribution in [3.8, 4) is 0 Å². The molecular weight excluding hydrogens is 366 g/mol. The summed E-state index contributed by atoms with van der Waals surface area (Å²) in [6.07, 6.45) is 9.45. The third-order valence-corrected chi connectivity index (χ3v) is 8.53. The standard InChI is InChI=1S/C23H41N3O3/c1-17-13-23(16-27-12-9-25-23)22-15-29-19-5-3-18(4-6-19)20-7-8-24-14-21(20)28-11-2-10-26(17)22/h17-22,24-25H,2-16H2,1H3/t17-,18?,19?,20?,21?,22+,23-/m1/s1. The SMILES string of the molecule is C[C@@H]1C[C@@]2(COCCN2)[C@@H]2COC3CCC(CC3)C3CCNCC3OCCCN12. The van der Waals surface area contributed by atoms with Crippen molar-refractivity contribution in [1.29, 1.82) is 0 Å². The van der Waals surface area contributed by atoms with Gasteiger partial charge in [0.15, 0.2) is 0 Å². The zero-order valence-corrected chi connectivity index (χ0v) is 18.2. The lowest BCUT2D eigenvalue weighted by Gasteiger charge is -2.44. The Bertz CT molecular complexity index is 533. The van der Waals surface area contributed by atoms with E-state index in [2.05, 4.69) is 22.5 Å². The van der Waals surface area contributed by atoms with Crippen molar-refractivity contribution < 1.29 is 14.2 Å². The topological polar surface area (TPSA) is 55.0 Å². The lowest BCUT2D eigenvalue weighted by Crippen LogP contribution is -2.63. The van der Waals surface area contributed by atoms with Crippen LogP contribution in [0.25, 0.3) is 0 Å². The van der Waals surface area contributed by atoms with Crippen LogP contribution in [0.3, 0.4) is 0 Å². The van der Waals surface area contributed by atoms with Crippen LogP contribution in [0.1, 0.15) is 51.9 Å². The van der Waals surface area contributed by atoms with Crippen LogP contribution in [0.4, 0.5) is 0 Å². The van der Waals surface area contributed by atoms with Gasteiger partial charge in [0.25, 0.3) is 0 Å². The highest BCUT2D eigenvalue weighted by Crippen LogP contribution is 2.39. The minimum absolute atomic E-state index is 0.0607. The molecule has 6 aliphatic rings. The van der Waals surface area contributed by atoms with E-state index in [1.165, 1.54) is 32.1 Å². The van der Waals surface area contributed by atoms with E-state index in [-0.39, 0.29) is 5.54 Å². The van der Waals surface area contributed by atoms with Gasteiger partial charge in [-0.05, 0) is 70.3 Å². The van der Waals surface area contributed by atoms with Gasteiger partial charge in [0, 0.05) is 32.3 Å². The first-order chi connectivity index (χ1) is 14.3. The summed E-state index contributed by atoms with van der Waals surface area (Å²) in [5.41, 5.74) is 0.0607. The van der Waals surface area contributed by atoms with Crippen LogP contribution in [-0.4, -0.2) is 87.3 Å². The molecule has 5 heterocycles. The smallest absolute Gasteiger partial charge is 0.0730 e. The van der Waals surface area contributed by atoms with Gasteiger partial charge in [-0.2, -0.15) is 0 Å². The first-order valence-electron chi connectivity index (χ1n) is 12.3. The zero-order valence-electron chi connectivity index (χ0n) is 18.2. The van der Waals surface area contributed by atoms with E-state index in [4.69, 9.17) is 14.2 Å². The second kappa shape index (κ2) is 9.09. The van der Waals surface area contributed by atoms with Crippen LogP contribution >= 0.6 is 0 Å². The van der Waals surface area contributed by atoms with E-state index < -0.39 is 0 Å². The minimum atomic E-state index is 0.0607. The summed E-state index contributed by atoms with van der Waals surface area (Å²) in [4.78, 5) is 2.69. The number of rotatable bonds is 0. The fraction of sp³-hybridized carbons (Fsp3) is 1.00. The lowest BCUT2D eigenvalue weighted by molar-refractivity contribution is -0.0730. The fourth-order valence-corrected chi connectivity index (χ4v) is 7.02. The highest BCUT2D eigenvalue weighted by Gasteiger charge is 2.51. The molecule has 2 N–H and O–H groups in total. The van der Waals surface area contributed by atoms with Crippen molar-refractivity contribution in [3.63, 3.8) is 0 Å². The van der Waals surface area contributed by atoms with Gasteiger partial charge in [-0.25, -0.2) is 0 Å². The summed E-state index contributed by atoms with van der Waals surface area (Å²) in [6.45, 7) is 10.0. The van der Waals surface area contributed by atoms with Crippen molar-refractivity contribution in [3.05, 3.63) is 0 Å². The first-order valence-corrected chi connectivity index (χ1v) is 12.3. The van der Waals surface area contributed by atoms with Gasteiger partial charge < -0.3 is 24.8 Å². The Hall–Kier alpha value is -0.240. The predicted molar refractivity (Wildman–Crippen MR) is 113 cm³/mol. The first kappa shape index (κ1) is 20.7. The molecule has 0 aromatic heterocycles. The van der Waals surface area contributed by atoms with Crippen molar-refractivity contribution in [2.75, 3.05) is 52.6 Å². The molecule has 166 valence electrons. The summed E-state index contributed by atoms with van der Waals surface area (Å²) in [5.74, 6) is 1.57. The van der Waals surface area contributed by atoms with E-state index in [9.17, 15) is 0 Å². The van der Waals surface area contributed by atoms with Gasteiger partial charge in [0.1, 0.15) is 0 Å². The number of morpholine rings is 1. The minimum Gasteiger partial charge on any atom is -0.378 e. The van der Waals surface area contributed by atoms with Gasteiger partial charge in [0.2, 0.25) is 0 Å². The van der Waals surface area contributed by atoms with Gasteiger partial charge in [-0.3, -0.25) is 4.90 Å². The second-order valence-electron chi connectivity index (χ2n) is 10.2. The molecule has 0 radical (unpaired) electrons. The summed E-state index contributed by atoms with van der Waals surface area (Å²) in [6, 6.07) is 0.966. The average molecular weight is 408 g/mol. The van der Waals surface area contributed by atoms with Crippen LogP contribution in [0, 0.1) is 11.8 Å². The quantitative estimate of drug-likeness (QED) is 0.639. The Kier molecular flexibility index (Phi) is 6.47. The van der Waals surface area contributed by atoms with Crippen molar-refractivity contribution in [1.82, 2.24) is 15.5 Å². The number of nitrogens with zero attached hydrogens (tertiary/aromatic N) is 1. The molecule has 5 atom stereocenters. The van der Waals surface area contributed by atoms with E-state index in [1.54, 1.807) is 0 Å². The molecule has 6 rings (SSSR count). The largest absolute Gasteiger partial charge is 0.378 e. The Morgan fingerprint density at radius 2 is 1.90 bits per heavy atom. The molecule has 6 heteroatoms. The molecule has 6 fully saturated rings. The molecule has 0 aromatic rings. The van der Waals surface area contributed by atoms with Crippen molar-refractivity contribution >= 4 is 0 Å². The molecule has 5 aliphatic heterocycles. The third kappa shape index (κ3) is 4.26. The van der Waals surface area contributed by atoms with Gasteiger partial charge in [-0.1, -0.05) is 0 Å². The molecule has 2 bridgehead atoms. The molecule has 29 heavy (non-hydrogen) atoms. The van der Waals surface area contributed by atoms with Crippen LogP contribution in [0.5, 0.6) is 0 Å². The number of hydrogen-bond donors (Lipinski definition) is 2. The van der Waals surface area contributed by atoms with Gasteiger partial charge in [-0.15, -0.1) is 0 Å². The highest BCUT2D eigenvalue weighted by atomic mass is 16.5. The average Bonchev–Trinajstić information content (AvgIpc) is 3.00. The lowest BCUT2D eigenvalue weighted by atomic mass is 9.74. The maximum absolute atomic E-state index is 6.62. The maximum atomic E-state index is 6.62. The molecule has 0 aromatic carbocycles. The number of piperidine rings is 1. The Balaban J connectivity index is 1.32. The fourth-order valence-electron chi connectivity index (χ4n) is 7.02. The van der Waals surface area contributed by atoms with Gasteiger partial charge in [0.05, 0.1) is 43.6 Å². The maximum Gasteiger partial charge on any atom is 0.0730 e. The van der Waals surface area contributed by atoms with Crippen LogP contribution in [0.2, 0.25) is 0 Å². The van der Waals surface area contributed by atoms with E-state index in [0.29, 0.717) is 24.3 Å². The van der Waals surface area contributed by atoms with Crippen LogP contribution < -0.4 is 10.6 Å². The van der Waals surface area contributed by atoms with Crippen molar-refractivity contribution in [2.45, 2.75) is 81.7 Å². The van der Waals surface area contributed by atoms with E-state index >= 15 is 0 Å². The monoisotopic (exact) mass is 407 g/mol.